The number of carboxylic acid groups (broad SMARTS) is 1. The number of amides is 2. The SMILES string of the molecule is O=C(O)c1cc(Cl)cc(NC(=O)N2CCCC2CO)c1. The number of nitrogens with one attached hydrogen (secondary N) is 1. The molecule has 1 fully saturated rings. The molecule has 1 atom stereocenters. The van der Waals surface area contributed by atoms with E-state index in [0.29, 0.717) is 12.2 Å². The molecule has 108 valence electrons. The van der Waals surface area contributed by atoms with Crippen molar-refractivity contribution >= 4 is 29.3 Å². The number of hydrogen-bond acceptors (Lipinski definition) is 3. The topological polar surface area (TPSA) is 89.9 Å². The van der Waals surface area contributed by atoms with Crippen LogP contribution in [0.25, 0.3) is 0 Å². The van der Waals surface area contributed by atoms with Gasteiger partial charge in [-0.1, -0.05) is 11.6 Å². The molecule has 7 heteroatoms. The maximum absolute atomic E-state index is 12.1. The summed E-state index contributed by atoms with van der Waals surface area (Å²) < 4.78 is 0. The van der Waals surface area contributed by atoms with Gasteiger partial charge in [0, 0.05) is 17.3 Å². The zero-order valence-corrected chi connectivity index (χ0v) is 11.4. The first-order valence-corrected chi connectivity index (χ1v) is 6.61. The Bertz CT molecular complexity index is 535. The Hall–Kier alpha value is -1.79. The van der Waals surface area contributed by atoms with Crippen molar-refractivity contribution in [1.82, 2.24) is 4.90 Å². The first-order chi connectivity index (χ1) is 9.51. The molecule has 0 aromatic heterocycles. The van der Waals surface area contributed by atoms with Gasteiger partial charge in [-0.25, -0.2) is 9.59 Å². The number of halogens is 1. The number of aliphatic hydroxyl groups is 1. The number of nitrogens with zero attached hydrogens (tertiary/aromatic N) is 1. The normalized spacial score (nSPS) is 18.1. The molecule has 6 nitrogen and oxygen atoms in total. The summed E-state index contributed by atoms with van der Waals surface area (Å²) in [6.07, 6.45) is 1.61. The van der Waals surface area contributed by atoms with Crippen LogP contribution >= 0.6 is 11.6 Å². The summed E-state index contributed by atoms with van der Waals surface area (Å²) in [6.45, 7) is 0.493. The van der Waals surface area contributed by atoms with Gasteiger partial charge in [0.25, 0.3) is 0 Å². The third-order valence-electron chi connectivity index (χ3n) is 3.24. The Balaban J connectivity index is 2.13. The highest BCUT2D eigenvalue weighted by Gasteiger charge is 2.28. The summed E-state index contributed by atoms with van der Waals surface area (Å²) in [7, 11) is 0. The number of urea groups is 1. The highest BCUT2D eigenvalue weighted by Crippen LogP contribution is 2.22. The van der Waals surface area contributed by atoms with Gasteiger partial charge in [0.2, 0.25) is 0 Å². The minimum absolute atomic E-state index is 0.00734. The summed E-state index contributed by atoms with van der Waals surface area (Å²) in [6, 6.07) is 3.59. The van der Waals surface area contributed by atoms with Gasteiger partial charge in [-0.2, -0.15) is 0 Å². The molecule has 0 radical (unpaired) electrons. The molecule has 1 aliphatic rings. The van der Waals surface area contributed by atoms with E-state index in [9.17, 15) is 14.7 Å². The standard InChI is InChI=1S/C13H15ClN2O4/c14-9-4-8(12(18)19)5-10(6-9)15-13(20)16-3-1-2-11(16)7-17/h4-6,11,17H,1-3,7H2,(H,15,20)(H,18,19). The second-order valence-corrected chi connectivity index (χ2v) is 5.07. The summed E-state index contributed by atoms with van der Waals surface area (Å²) in [5.74, 6) is -1.11. The number of carbonyl (C=O) groups is 2. The molecule has 3 N–H and O–H groups in total. The third kappa shape index (κ3) is 3.20. The Morgan fingerprint density at radius 2 is 2.15 bits per heavy atom. The first-order valence-electron chi connectivity index (χ1n) is 6.23. The number of likely N-dealkylation sites (tertiary alicyclic amines) is 1. The van der Waals surface area contributed by atoms with Gasteiger partial charge in [0.05, 0.1) is 18.2 Å². The van der Waals surface area contributed by atoms with Gasteiger partial charge in [0.1, 0.15) is 0 Å². The van der Waals surface area contributed by atoms with Crippen LogP contribution in [-0.4, -0.2) is 46.3 Å². The lowest BCUT2D eigenvalue weighted by Crippen LogP contribution is -2.40. The predicted molar refractivity (Wildman–Crippen MR) is 74.2 cm³/mol. The molecule has 1 heterocycles. The zero-order valence-electron chi connectivity index (χ0n) is 10.7. The second kappa shape index (κ2) is 6.11. The molecule has 1 aliphatic heterocycles. The lowest BCUT2D eigenvalue weighted by molar-refractivity contribution is 0.0697. The van der Waals surface area contributed by atoms with Crippen molar-refractivity contribution in [2.45, 2.75) is 18.9 Å². The van der Waals surface area contributed by atoms with Gasteiger partial charge in [-0.15, -0.1) is 0 Å². The molecule has 1 aromatic rings. The van der Waals surface area contributed by atoms with Crippen molar-refractivity contribution in [3.8, 4) is 0 Å². The fraction of sp³-hybridized carbons (Fsp3) is 0.385. The maximum Gasteiger partial charge on any atom is 0.335 e. The fourth-order valence-electron chi connectivity index (χ4n) is 2.27. The molecule has 20 heavy (non-hydrogen) atoms. The highest BCUT2D eigenvalue weighted by molar-refractivity contribution is 6.31. The molecule has 0 aliphatic carbocycles. The molecule has 1 saturated heterocycles. The van der Waals surface area contributed by atoms with Gasteiger partial charge in [0.15, 0.2) is 0 Å². The van der Waals surface area contributed by atoms with Crippen LogP contribution in [-0.2, 0) is 0 Å². The van der Waals surface area contributed by atoms with E-state index in [4.69, 9.17) is 16.7 Å². The highest BCUT2D eigenvalue weighted by atomic mass is 35.5. The van der Waals surface area contributed by atoms with E-state index in [1.807, 2.05) is 0 Å². The monoisotopic (exact) mass is 298 g/mol. The van der Waals surface area contributed by atoms with Gasteiger partial charge in [-0.3, -0.25) is 0 Å². The van der Waals surface area contributed by atoms with E-state index < -0.39 is 5.97 Å². The summed E-state index contributed by atoms with van der Waals surface area (Å²) >= 11 is 5.82. The van der Waals surface area contributed by atoms with Crippen LogP contribution in [0.2, 0.25) is 5.02 Å². The van der Waals surface area contributed by atoms with E-state index in [-0.39, 0.29) is 29.3 Å². The van der Waals surface area contributed by atoms with Crippen LogP contribution < -0.4 is 5.32 Å². The van der Waals surface area contributed by atoms with E-state index in [1.165, 1.54) is 18.2 Å². The number of anilines is 1. The van der Waals surface area contributed by atoms with Gasteiger partial charge < -0.3 is 20.4 Å². The Morgan fingerprint density at radius 1 is 1.40 bits per heavy atom. The van der Waals surface area contributed by atoms with Crippen molar-refractivity contribution in [3.63, 3.8) is 0 Å². The minimum atomic E-state index is -1.11. The molecule has 1 unspecified atom stereocenters. The number of carbonyl (C=O) groups excluding carboxylic acids is 1. The molecule has 2 rings (SSSR count). The van der Waals surface area contributed by atoms with Crippen LogP contribution in [0.15, 0.2) is 18.2 Å². The second-order valence-electron chi connectivity index (χ2n) is 4.64. The first kappa shape index (κ1) is 14.6. The Labute approximate surface area is 121 Å². The number of aliphatic hydroxyl groups excluding tert-OH is 1. The average molecular weight is 299 g/mol. The summed E-state index contributed by atoms with van der Waals surface area (Å²) in [5, 5.41) is 21.0. The van der Waals surface area contributed by atoms with Crippen molar-refractivity contribution in [2.75, 3.05) is 18.5 Å². The lowest BCUT2D eigenvalue weighted by atomic mass is 10.2. The van der Waals surface area contributed by atoms with Crippen molar-refractivity contribution < 1.29 is 19.8 Å². The van der Waals surface area contributed by atoms with Crippen LogP contribution in [0.5, 0.6) is 0 Å². The number of rotatable bonds is 3. The number of benzene rings is 1. The molecular weight excluding hydrogens is 284 g/mol. The zero-order chi connectivity index (χ0) is 14.7. The van der Waals surface area contributed by atoms with Crippen LogP contribution in [0, 0.1) is 0 Å². The van der Waals surface area contributed by atoms with E-state index in [2.05, 4.69) is 5.32 Å². The average Bonchev–Trinajstić information content (AvgIpc) is 2.86. The number of hydrogen-bond donors (Lipinski definition) is 3. The van der Waals surface area contributed by atoms with E-state index >= 15 is 0 Å². The molecule has 1 aromatic carbocycles. The quantitative estimate of drug-likeness (QED) is 0.796. The fourth-order valence-corrected chi connectivity index (χ4v) is 2.51. The van der Waals surface area contributed by atoms with Crippen molar-refractivity contribution in [1.29, 1.82) is 0 Å². The molecule has 2 amide bonds. The van der Waals surface area contributed by atoms with Crippen LogP contribution in [0.3, 0.4) is 0 Å². The molecule has 0 saturated carbocycles. The van der Waals surface area contributed by atoms with Crippen LogP contribution in [0.1, 0.15) is 23.2 Å². The lowest BCUT2D eigenvalue weighted by Gasteiger charge is -2.23. The molecule has 0 spiro atoms. The molecule has 0 bridgehead atoms. The smallest absolute Gasteiger partial charge is 0.335 e. The third-order valence-corrected chi connectivity index (χ3v) is 3.46. The van der Waals surface area contributed by atoms with Gasteiger partial charge >= 0.3 is 12.0 Å². The summed E-state index contributed by atoms with van der Waals surface area (Å²) in [5.41, 5.74) is 0.330. The Kier molecular flexibility index (Phi) is 4.46. The minimum Gasteiger partial charge on any atom is -0.478 e. The van der Waals surface area contributed by atoms with Crippen LogP contribution in [0.4, 0.5) is 10.5 Å². The molecular formula is C13H15ClN2O4. The van der Waals surface area contributed by atoms with Gasteiger partial charge in [-0.05, 0) is 31.0 Å². The number of carboxylic acids is 1. The van der Waals surface area contributed by atoms with Crippen molar-refractivity contribution in [3.05, 3.63) is 28.8 Å². The Morgan fingerprint density at radius 3 is 2.80 bits per heavy atom. The largest absolute Gasteiger partial charge is 0.478 e. The maximum atomic E-state index is 12.1. The summed E-state index contributed by atoms with van der Waals surface area (Å²) in [4.78, 5) is 24.6. The predicted octanol–water partition coefficient (Wildman–Crippen LogP) is 2.03. The van der Waals surface area contributed by atoms with Crippen molar-refractivity contribution in [2.24, 2.45) is 0 Å². The number of aromatic carboxylic acids is 1. The van der Waals surface area contributed by atoms with E-state index in [1.54, 1.807) is 4.90 Å². The van der Waals surface area contributed by atoms with E-state index in [0.717, 1.165) is 12.8 Å².